The fourth-order valence-electron chi connectivity index (χ4n) is 2.03. The Morgan fingerprint density at radius 3 is 2.59 bits per heavy atom. The van der Waals surface area contributed by atoms with Crippen LogP contribution in [0.5, 0.6) is 0 Å². The van der Waals surface area contributed by atoms with E-state index in [4.69, 9.17) is 4.74 Å². The molecule has 0 radical (unpaired) electrons. The third-order valence-corrected chi connectivity index (χ3v) is 3.12. The van der Waals surface area contributed by atoms with Gasteiger partial charge in [-0.25, -0.2) is 8.78 Å². The zero-order valence-electron chi connectivity index (χ0n) is 11.2. The third-order valence-electron chi connectivity index (χ3n) is 3.12. The van der Waals surface area contributed by atoms with Crippen molar-refractivity contribution >= 4 is 5.91 Å². The molecule has 0 fully saturated rings. The third kappa shape index (κ3) is 3.55. The molecule has 0 aromatic heterocycles. The number of hydrogen-bond acceptors (Lipinski definition) is 2. The molecule has 8 heteroatoms. The minimum Gasteiger partial charge on any atom is -0.501 e. The standard InChI is InChI=1S/C14H12F5NO2/c15-10-5-1-4-9(11(10)16)12(14(17,18)19)20-13(21)8-3-2-6-22-7-8/h1,4-5,7,12H,2-3,6H2,(H,20,21)/t12-/m0/s1. The Balaban J connectivity index is 2.29. The van der Waals surface area contributed by atoms with Crippen molar-refractivity contribution < 1.29 is 31.5 Å². The van der Waals surface area contributed by atoms with Gasteiger partial charge in [-0.05, 0) is 18.9 Å². The van der Waals surface area contributed by atoms with Crippen LogP contribution >= 0.6 is 0 Å². The molecular weight excluding hydrogens is 309 g/mol. The lowest BCUT2D eigenvalue weighted by atomic mass is 10.0. The summed E-state index contributed by atoms with van der Waals surface area (Å²) in [5.41, 5.74) is -0.949. The van der Waals surface area contributed by atoms with Crippen LogP contribution in [-0.4, -0.2) is 18.7 Å². The van der Waals surface area contributed by atoms with Crippen LogP contribution in [0.15, 0.2) is 30.0 Å². The second-order valence-corrected chi connectivity index (χ2v) is 4.71. The number of alkyl halides is 3. The number of halogens is 5. The lowest BCUT2D eigenvalue weighted by Gasteiger charge is -2.24. The van der Waals surface area contributed by atoms with Gasteiger partial charge in [-0.2, -0.15) is 13.2 Å². The number of rotatable bonds is 3. The van der Waals surface area contributed by atoms with Gasteiger partial charge < -0.3 is 10.1 Å². The molecule has 1 aromatic rings. The second-order valence-electron chi connectivity index (χ2n) is 4.71. The quantitative estimate of drug-likeness (QED) is 0.867. The van der Waals surface area contributed by atoms with Crippen LogP contribution < -0.4 is 5.32 Å². The summed E-state index contributed by atoms with van der Waals surface area (Å²) in [7, 11) is 0. The van der Waals surface area contributed by atoms with Crippen molar-refractivity contribution in [1.82, 2.24) is 5.32 Å². The number of ether oxygens (including phenoxy) is 1. The fraction of sp³-hybridized carbons (Fsp3) is 0.357. The van der Waals surface area contributed by atoms with E-state index in [-0.39, 0.29) is 12.0 Å². The first-order valence-electron chi connectivity index (χ1n) is 6.43. The molecule has 0 saturated carbocycles. The first-order valence-corrected chi connectivity index (χ1v) is 6.43. The van der Waals surface area contributed by atoms with E-state index in [2.05, 4.69) is 0 Å². The lowest BCUT2D eigenvalue weighted by Crippen LogP contribution is -2.39. The summed E-state index contributed by atoms with van der Waals surface area (Å²) in [6, 6.07) is -0.214. The van der Waals surface area contributed by atoms with Crippen molar-refractivity contribution in [3.63, 3.8) is 0 Å². The zero-order valence-corrected chi connectivity index (χ0v) is 11.2. The van der Waals surface area contributed by atoms with Crippen LogP contribution in [-0.2, 0) is 9.53 Å². The number of nitrogens with one attached hydrogen (secondary N) is 1. The highest BCUT2D eigenvalue weighted by Gasteiger charge is 2.44. The van der Waals surface area contributed by atoms with Gasteiger partial charge in [0.05, 0.1) is 18.4 Å². The van der Waals surface area contributed by atoms with Gasteiger partial charge >= 0.3 is 6.18 Å². The van der Waals surface area contributed by atoms with Crippen molar-refractivity contribution in [1.29, 1.82) is 0 Å². The Hall–Kier alpha value is -2.12. The summed E-state index contributed by atoms with van der Waals surface area (Å²) in [5.74, 6) is -4.08. The first kappa shape index (κ1) is 16.3. The molecule has 0 aliphatic carbocycles. The topological polar surface area (TPSA) is 38.3 Å². The molecule has 2 rings (SSSR count). The summed E-state index contributed by atoms with van der Waals surface area (Å²) < 4.78 is 70.9. The largest absolute Gasteiger partial charge is 0.501 e. The van der Waals surface area contributed by atoms with Crippen LogP contribution in [0.4, 0.5) is 22.0 Å². The summed E-state index contributed by atoms with van der Waals surface area (Å²) in [4.78, 5) is 11.8. The minimum absolute atomic E-state index is 0.0253. The van der Waals surface area contributed by atoms with Crippen molar-refractivity contribution in [2.24, 2.45) is 0 Å². The molecule has 0 spiro atoms. The van der Waals surface area contributed by atoms with Crippen LogP contribution in [0.3, 0.4) is 0 Å². The molecule has 1 atom stereocenters. The van der Waals surface area contributed by atoms with Gasteiger partial charge in [-0.3, -0.25) is 4.79 Å². The number of hydrogen-bond donors (Lipinski definition) is 1. The van der Waals surface area contributed by atoms with Crippen LogP contribution in [0.1, 0.15) is 24.4 Å². The maximum atomic E-state index is 13.6. The van der Waals surface area contributed by atoms with Crippen molar-refractivity contribution in [3.8, 4) is 0 Å². The fourth-order valence-corrected chi connectivity index (χ4v) is 2.03. The number of carbonyl (C=O) groups excluding carboxylic acids is 1. The Morgan fingerprint density at radius 2 is 2.00 bits per heavy atom. The highest BCUT2D eigenvalue weighted by Crippen LogP contribution is 2.35. The van der Waals surface area contributed by atoms with E-state index in [1.165, 1.54) is 0 Å². The molecule has 22 heavy (non-hydrogen) atoms. The highest BCUT2D eigenvalue weighted by atomic mass is 19.4. The number of carbonyl (C=O) groups is 1. The van der Waals surface area contributed by atoms with Crippen molar-refractivity contribution in [3.05, 3.63) is 47.2 Å². The monoisotopic (exact) mass is 321 g/mol. The Morgan fingerprint density at radius 1 is 1.27 bits per heavy atom. The molecule has 1 aliphatic heterocycles. The molecule has 1 heterocycles. The Kier molecular flexibility index (Phi) is 4.68. The SMILES string of the molecule is O=C(N[C@@H](c1cccc(F)c1F)C(F)(F)F)C1=COCCC1. The van der Waals surface area contributed by atoms with E-state index in [1.54, 1.807) is 5.32 Å². The van der Waals surface area contributed by atoms with E-state index in [0.717, 1.165) is 18.4 Å². The maximum Gasteiger partial charge on any atom is 0.412 e. The molecule has 1 amide bonds. The predicted octanol–water partition coefficient (Wildman–Crippen LogP) is 3.38. The summed E-state index contributed by atoms with van der Waals surface area (Å²) >= 11 is 0. The molecule has 1 N–H and O–H groups in total. The average Bonchev–Trinajstić information content (AvgIpc) is 2.47. The average molecular weight is 321 g/mol. The smallest absolute Gasteiger partial charge is 0.412 e. The molecule has 0 saturated heterocycles. The highest BCUT2D eigenvalue weighted by molar-refractivity contribution is 5.93. The van der Waals surface area contributed by atoms with E-state index in [1.807, 2.05) is 0 Å². The molecule has 120 valence electrons. The van der Waals surface area contributed by atoms with Crippen LogP contribution in [0, 0.1) is 11.6 Å². The van der Waals surface area contributed by atoms with Gasteiger partial charge in [0, 0.05) is 5.56 Å². The molecule has 0 bridgehead atoms. The molecule has 0 unspecified atom stereocenters. The van der Waals surface area contributed by atoms with Gasteiger partial charge in [0.15, 0.2) is 17.7 Å². The minimum atomic E-state index is -4.97. The molecule has 3 nitrogen and oxygen atoms in total. The predicted molar refractivity (Wildman–Crippen MR) is 66.6 cm³/mol. The molecule has 1 aromatic carbocycles. The van der Waals surface area contributed by atoms with Crippen LogP contribution in [0.25, 0.3) is 0 Å². The van der Waals surface area contributed by atoms with Gasteiger partial charge in [-0.15, -0.1) is 0 Å². The summed E-state index contributed by atoms with van der Waals surface area (Å²) in [5, 5.41) is 1.69. The summed E-state index contributed by atoms with van der Waals surface area (Å²) in [6.45, 7) is 0.373. The number of amides is 1. The van der Waals surface area contributed by atoms with E-state index < -0.39 is 35.3 Å². The van der Waals surface area contributed by atoms with Crippen molar-refractivity contribution in [2.75, 3.05) is 6.61 Å². The molecular formula is C14H12F5NO2. The Labute approximate surface area is 122 Å². The molecule has 1 aliphatic rings. The maximum absolute atomic E-state index is 13.6. The van der Waals surface area contributed by atoms with Gasteiger partial charge in [0.2, 0.25) is 0 Å². The normalized spacial score (nSPS) is 16.5. The van der Waals surface area contributed by atoms with Gasteiger partial charge in [-0.1, -0.05) is 12.1 Å². The van der Waals surface area contributed by atoms with Gasteiger partial charge in [0.25, 0.3) is 5.91 Å². The summed E-state index contributed by atoms with van der Waals surface area (Å²) in [6.07, 6.45) is -3.15. The zero-order chi connectivity index (χ0) is 16.3. The van der Waals surface area contributed by atoms with Gasteiger partial charge in [0.1, 0.15) is 0 Å². The second kappa shape index (κ2) is 6.33. The van der Waals surface area contributed by atoms with E-state index >= 15 is 0 Å². The lowest BCUT2D eigenvalue weighted by molar-refractivity contribution is -0.163. The van der Waals surface area contributed by atoms with Crippen LogP contribution in [0.2, 0.25) is 0 Å². The number of benzene rings is 1. The first-order chi connectivity index (χ1) is 10.3. The van der Waals surface area contributed by atoms with Crippen molar-refractivity contribution in [2.45, 2.75) is 25.1 Å². The Bertz CT molecular complexity index is 597. The van der Waals surface area contributed by atoms with E-state index in [0.29, 0.717) is 19.1 Å². The van der Waals surface area contributed by atoms with E-state index in [9.17, 15) is 26.7 Å².